The van der Waals surface area contributed by atoms with Crippen LogP contribution in [0, 0.1) is 0 Å². The van der Waals surface area contributed by atoms with Gasteiger partial charge in [0.1, 0.15) is 18.1 Å². The summed E-state index contributed by atoms with van der Waals surface area (Å²) in [5.74, 6) is -2.83. The number of rotatable bonds is 15. The lowest BCUT2D eigenvalue weighted by molar-refractivity contribution is -0.142. The van der Waals surface area contributed by atoms with Crippen molar-refractivity contribution in [1.82, 2.24) is 20.9 Å². The molecule has 0 aliphatic heterocycles. The number of fused-ring (bicyclic) bond motifs is 1. The largest absolute Gasteiger partial charge is 0.480 e. The van der Waals surface area contributed by atoms with Gasteiger partial charge in [0.05, 0.1) is 12.1 Å². The first-order chi connectivity index (χ1) is 19.6. The predicted octanol–water partition coefficient (Wildman–Crippen LogP) is 0.953. The van der Waals surface area contributed by atoms with Gasteiger partial charge in [0.2, 0.25) is 17.7 Å². The van der Waals surface area contributed by atoms with Gasteiger partial charge in [-0.15, -0.1) is 0 Å². The quantitative estimate of drug-likeness (QED) is 0.138. The zero-order chi connectivity index (χ0) is 29.9. The van der Waals surface area contributed by atoms with E-state index >= 15 is 0 Å². The minimum Gasteiger partial charge on any atom is -0.480 e. The van der Waals surface area contributed by atoms with Crippen molar-refractivity contribution >= 4 is 46.4 Å². The Hall–Kier alpha value is -3.87. The van der Waals surface area contributed by atoms with Gasteiger partial charge in [-0.1, -0.05) is 48.5 Å². The van der Waals surface area contributed by atoms with Crippen LogP contribution >= 0.6 is 11.8 Å². The van der Waals surface area contributed by atoms with E-state index in [1.165, 1.54) is 18.7 Å². The Labute approximate surface area is 242 Å². The van der Waals surface area contributed by atoms with Crippen molar-refractivity contribution in [3.05, 3.63) is 71.9 Å². The molecule has 2 aromatic carbocycles. The minimum atomic E-state index is -1.41. The van der Waals surface area contributed by atoms with Gasteiger partial charge in [0.15, 0.2) is 0 Å². The summed E-state index contributed by atoms with van der Waals surface area (Å²) in [5.41, 5.74) is 8.45. The van der Waals surface area contributed by atoms with Gasteiger partial charge in [0.25, 0.3) is 0 Å². The second kappa shape index (κ2) is 15.2. The summed E-state index contributed by atoms with van der Waals surface area (Å²) in [5, 5.41) is 28.5. The van der Waals surface area contributed by atoms with Crippen LogP contribution in [-0.2, 0) is 32.0 Å². The molecule has 41 heavy (non-hydrogen) atoms. The summed E-state index contributed by atoms with van der Waals surface area (Å²) in [6.07, 6.45) is 2.69. The molecule has 5 atom stereocenters. The lowest BCUT2D eigenvalue weighted by Gasteiger charge is -2.26. The van der Waals surface area contributed by atoms with Gasteiger partial charge in [-0.3, -0.25) is 14.4 Å². The molecular weight excluding hydrogens is 546 g/mol. The van der Waals surface area contributed by atoms with Crippen LogP contribution in [0.5, 0.6) is 0 Å². The SMILES string of the molecule is CSCCC(NC(=O)C(Cc1c[nH]c2ccccc12)NC(=O)C(NC(=O)C(N)Cc1ccccc1)C(C)O)C(=O)O. The molecule has 1 aromatic heterocycles. The van der Waals surface area contributed by atoms with Crippen molar-refractivity contribution in [2.24, 2.45) is 5.73 Å². The van der Waals surface area contributed by atoms with Gasteiger partial charge < -0.3 is 36.9 Å². The number of para-hydroxylation sites is 1. The molecule has 3 aromatic rings. The molecule has 0 radical (unpaired) electrons. The van der Waals surface area contributed by atoms with Crippen LogP contribution < -0.4 is 21.7 Å². The monoisotopic (exact) mass is 583 g/mol. The van der Waals surface area contributed by atoms with Crippen molar-refractivity contribution in [1.29, 1.82) is 0 Å². The van der Waals surface area contributed by atoms with E-state index in [0.717, 1.165) is 22.0 Å². The number of carbonyl (C=O) groups excluding carboxylic acids is 3. The second-order valence-electron chi connectivity index (χ2n) is 9.83. The average molecular weight is 584 g/mol. The number of amides is 3. The molecule has 0 spiro atoms. The third-order valence-electron chi connectivity index (χ3n) is 6.66. The van der Waals surface area contributed by atoms with E-state index in [-0.39, 0.29) is 19.3 Å². The van der Waals surface area contributed by atoms with Gasteiger partial charge in [-0.25, -0.2) is 4.79 Å². The molecule has 220 valence electrons. The van der Waals surface area contributed by atoms with E-state index in [1.807, 2.05) is 60.9 Å². The molecule has 12 heteroatoms. The topological polar surface area (TPSA) is 187 Å². The highest BCUT2D eigenvalue weighted by molar-refractivity contribution is 7.98. The van der Waals surface area contributed by atoms with Gasteiger partial charge >= 0.3 is 5.97 Å². The number of H-pyrrole nitrogens is 1. The molecule has 0 saturated heterocycles. The molecule has 3 rings (SSSR count). The highest BCUT2D eigenvalue weighted by Crippen LogP contribution is 2.19. The molecule has 11 nitrogen and oxygen atoms in total. The fourth-order valence-corrected chi connectivity index (χ4v) is 4.85. The van der Waals surface area contributed by atoms with Crippen LogP contribution in [0.4, 0.5) is 0 Å². The third-order valence-corrected chi connectivity index (χ3v) is 7.30. The van der Waals surface area contributed by atoms with Crippen molar-refractivity contribution < 1.29 is 29.4 Å². The number of carboxylic acids is 1. The summed E-state index contributed by atoms with van der Waals surface area (Å²) in [7, 11) is 0. The molecule has 8 N–H and O–H groups in total. The number of aliphatic hydroxyl groups excluding tert-OH is 1. The molecule has 3 amide bonds. The van der Waals surface area contributed by atoms with E-state index < -0.39 is 54.0 Å². The van der Waals surface area contributed by atoms with Crippen LogP contribution in [0.15, 0.2) is 60.8 Å². The molecule has 0 aliphatic carbocycles. The van der Waals surface area contributed by atoms with Crippen LogP contribution in [0.25, 0.3) is 10.9 Å². The van der Waals surface area contributed by atoms with Crippen LogP contribution in [0.2, 0.25) is 0 Å². The van der Waals surface area contributed by atoms with E-state index in [0.29, 0.717) is 5.75 Å². The normalized spacial score (nSPS) is 14.8. The van der Waals surface area contributed by atoms with E-state index in [4.69, 9.17) is 5.73 Å². The average Bonchev–Trinajstić information content (AvgIpc) is 3.36. The number of benzene rings is 2. The Bertz CT molecular complexity index is 1330. The molecule has 1 heterocycles. The fraction of sp³-hybridized carbons (Fsp3) is 0.379. The summed E-state index contributed by atoms with van der Waals surface area (Å²) in [6, 6.07) is 11.8. The molecule has 5 unspecified atom stereocenters. The number of hydrogen-bond donors (Lipinski definition) is 7. The highest BCUT2D eigenvalue weighted by atomic mass is 32.2. The molecule has 0 saturated carbocycles. The van der Waals surface area contributed by atoms with E-state index in [9.17, 15) is 29.4 Å². The Morgan fingerprint density at radius 2 is 1.56 bits per heavy atom. The van der Waals surface area contributed by atoms with Crippen LogP contribution in [-0.4, -0.2) is 81.2 Å². The van der Waals surface area contributed by atoms with Crippen molar-refractivity contribution in [3.8, 4) is 0 Å². The Morgan fingerprint density at radius 1 is 0.902 bits per heavy atom. The maximum absolute atomic E-state index is 13.4. The lowest BCUT2D eigenvalue weighted by atomic mass is 10.0. The number of carbonyl (C=O) groups is 4. The summed E-state index contributed by atoms with van der Waals surface area (Å²) in [4.78, 5) is 54.5. The predicted molar refractivity (Wildman–Crippen MR) is 158 cm³/mol. The Balaban J connectivity index is 1.79. The van der Waals surface area contributed by atoms with Gasteiger partial charge in [-0.05, 0) is 49.0 Å². The van der Waals surface area contributed by atoms with Crippen LogP contribution in [0.1, 0.15) is 24.5 Å². The van der Waals surface area contributed by atoms with Crippen LogP contribution in [0.3, 0.4) is 0 Å². The van der Waals surface area contributed by atoms with Gasteiger partial charge in [-0.2, -0.15) is 11.8 Å². The highest BCUT2D eigenvalue weighted by Gasteiger charge is 2.33. The first kappa shape index (κ1) is 31.7. The maximum atomic E-state index is 13.4. The standard InChI is InChI=1S/C29H37N5O6S/c1-17(35)25(34-26(36)21(30)14-18-8-4-3-5-9-18)28(38)33-24(27(37)32-23(29(39)40)12-13-41-2)15-19-16-31-22-11-7-6-10-20(19)22/h3-11,16-17,21,23-25,31,35H,12-15,30H2,1-2H3,(H,32,37)(H,33,38)(H,34,36)(H,39,40). The number of nitrogens with two attached hydrogens (primary N) is 1. The minimum absolute atomic E-state index is 0.0322. The Kier molecular flexibility index (Phi) is 11.7. The number of aromatic nitrogens is 1. The van der Waals surface area contributed by atoms with E-state index in [2.05, 4.69) is 20.9 Å². The second-order valence-corrected chi connectivity index (χ2v) is 10.8. The number of aromatic amines is 1. The molecule has 0 fully saturated rings. The number of aliphatic hydroxyl groups is 1. The Morgan fingerprint density at radius 3 is 2.22 bits per heavy atom. The summed E-state index contributed by atoms with van der Waals surface area (Å²) < 4.78 is 0. The fourth-order valence-electron chi connectivity index (χ4n) is 4.38. The number of nitrogens with one attached hydrogen (secondary N) is 4. The van der Waals surface area contributed by atoms with Crippen molar-refractivity contribution in [2.45, 2.75) is 56.5 Å². The first-order valence-electron chi connectivity index (χ1n) is 13.3. The third kappa shape index (κ3) is 9.07. The zero-order valence-electron chi connectivity index (χ0n) is 23.0. The molecule has 0 bridgehead atoms. The van der Waals surface area contributed by atoms with E-state index in [1.54, 1.807) is 6.20 Å². The zero-order valence-corrected chi connectivity index (χ0v) is 23.8. The molecule has 0 aliphatic rings. The van der Waals surface area contributed by atoms with Gasteiger partial charge in [0, 0.05) is 23.5 Å². The number of carboxylic acid groups (broad SMARTS) is 1. The lowest BCUT2D eigenvalue weighted by Crippen LogP contribution is -2.60. The van der Waals surface area contributed by atoms with Crippen molar-refractivity contribution in [3.63, 3.8) is 0 Å². The first-order valence-corrected chi connectivity index (χ1v) is 14.7. The number of hydrogen-bond acceptors (Lipinski definition) is 7. The molecular formula is C29H37N5O6S. The summed E-state index contributed by atoms with van der Waals surface area (Å²) in [6.45, 7) is 1.34. The maximum Gasteiger partial charge on any atom is 0.326 e. The smallest absolute Gasteiger partial charge is 0.326 e. The number of aliphatic carboxylic acids is 1. The number of thioether (sulfide) groups is 1. The summed E-state index contributed by atoms with van der Waals surface area (Å²) >= 11 is 1.45. The van der Waals surface area contributed by atoms with Crippen molar-refractivity contribution in [2.75, 3.05) is 12.0 Å².